The Balaban J connectivity index is 3.40. The highest BCUT2D eigenvalue weighted by Crippen LogP contribution is 2.09. The van der Waals surface area contributed by atoms with E-state index in [2.05, 4.69) is 6.92 Å². The predicted molar refractivity (Wildman–Crippen MR) is 97.6 cm³/mol. The molecule has 0 aromatic rings. The van der Waals surface area contributed by atoms with Gasteiger partial charge in [0, 0.05) is 0 Å². The van der Waals surface area contributed by atoms with Crippen LogP contribution < -0.4 is 0 Å². The molecule has 0 aromatic heterocycles. The summed E-state index contributed by atoms with van der Waals surface area (Å²) in [6, 6.07) is 0. The summed E-state index contributed by atoms with van der Waals surface area (Å²) in [6.07, 6.45) is 16.6. The van der Waals surface area contributed by atoms with Gasteiger partial charge in [0.2, 0.25) is 0 Å². The highest BCUT2D eigenvalue weighted by atomic mass is 16.5. The lowest BCUT2D eigenvalue weighted by molar-refractivity contribution is -0.148. The van der Waals surface area contributed by atoms with Gasteiger partial charge in [0.05, 0.1) is 25.7 Å². The molecule has 0 aliphatic heterocycles. The zero-order chi connectivity index (χ0) is 17.9. The molecule has 0 saturated carbocycles. The second-order valence-electron chi connectivity index (χ2n) is 6.20. The lowest BCUT2D eigenvalue weighted by Crippen LogP contribution is -2.09. The second kappa shape index (κ2) is 18.0. The smallest absolute Gasteiger partial charge is 0.311 e. The van der Waals surface area contributed by atoms with Crippen molar-refractivity contribution in [1.29, 1.82) is 0 Å². The number of ether oxygens (including phenoxy) is 2. The molecule has 0 amide bonds. The van der Waals surface area contributed by atoms with E-state index in [9.17, 15) is 9.59 Å². The highest BCUT2D eigenvalue weighted by Gasteiger charge is 2.07. The molecule has 24 heavy (non-hydrogen) atoms. The van der Waals surface area contributed by atoms with Crippen molar-refractivity contribution in [3.8, 4) is 0 Å². The van der Waals surface area contributed by atoms with E-state index >= 15 is 0 Å². The molecule has 0 radical (unpaired) electrons. The van der Waals surface area contributed by atoms with Gasteiger partial charge in [0.25, 0.3) is 0 Å². The lowest BCUT2D eigenvalue weighted by atomic mass is 10.1. The standard InChI is InChI=1S/C20H36O4/c1-3-5-7-8-9-10-11-12-13-14-18-24-20(22)16-15-19(21)23-17-6-4-2/h14,18H,3-13,15-17H2,1-2H3. The third-order valence-corrected chi connectivity index (χ3v) is 3.81. The van der Waals surface area contributed by atoms with Crippen LogP contribution in [0.25, 0.3) is 0 Å². The topological polar surface area (TPSA) is 52.6 Å². The van der Waals surface area contributed by atoms with Gasteiger partial charge in [-0.15, -0.1) is 0 Å². The van der Waals surface area contributed by atoms with E-state index in [0.717, 1.165) is 25.7 Å². The highest BCUT2D eigenvalue weighted by molar-refractivity contribution is 5.77. The van der Waals surface area contributed by atoms with Crippen LogP contribution in [0.1, 0.15) is 97.3 Å². The SMILES string of the molecule is CCCCCCCCCCC=COC(=O)CCC(=O)OCCCC. The number of unbranched alkanes of at least 4 members (excludes halogenated alkanes) is 9. The molecule has 0 fully saturated rings. The van der Waals surface area contributed by atoms with E-state index in [1.807, 2.05) is 13.0 Å². The van der Waals surface area contributed by atoms with E-state index < -0.39 is 0 Å². The lowest BCUT2D eigenvalue weighted by Gasteiger charge is -2.03. The molecule has 4 heteroatoms. The molecule has 0 saturated heterocycles. The number of esters is 2. The van der Waals surface area contributed by atoms with Gasteiger partial charge in [0.15, 0.2) is 0 Å². The first-order valence-electron chi connectivity index (χ1n) is 9.70. The van der Waals surface area contributed by atoms with Crippen molar-refractivity contribution >= 4 is 11.9 Å². The predicted octanol–water partition coefficient (Wildman–Crippen LogP) is 5.70. The fraction of sp³-hybridized carbons (Fsp3) is 0.800. The summed E-state index contributed by atoms with van der Waals surface area (Å²) in [7, 11) is 0. The Morgan fingerprint density at radius 1 is 0.750 bits per heavy atom. The Kier molecular flexibility index (Phi) is 17.0. The van der Waals surface area contributed by atoms with E-state index in [1.54, 1.807) is 0 Å². The molecule has 0 atom stereocenters. The summed E-state index contributed by atoms with van der Waals surface area (Å²) >= 11 is 0. The zero-order valence-electron chi connectivity index (χ0n) is 15.7. The van der Waals surface area contributed by atoms with Crippen LogP contribution in [-0.2, 0) is 19.1 Å². The van der Waals surface area contributed by atoms with Gasteiger partial charge in [-0.05, 0) is 25.3 Å². The van der Waals surface area contributed by atoms with Crippen molar-refractivity contribution in [1.82, 2.24) is 0 Å². The molecule has 4 nitrogen and oxygen atoms in total. The maximum atomic E-state index is 11.5. The van der Waals surface area contributed by atoms with Gasteiger partial charge in [0.1, 0.15) is 0 Å². The second-order valence-corrected chi connectivity index (χ2v) is 6.20. The normalized spacial score (nSPS) is 10.9. The molecular weight excluding hydrogens is 304 g/mol. The van der Waals surface area contributed by atoms with E-state index in [4.69, 9.17) is 9.47 Å². The molecular formula is C20H36O4. The number of carbonyl (C=O) groups is 2. The maximum absolute atomic E-state index is 11.5. The molecule has 0 rings (SSSR count). The third-order valence-electron chi connectivity index (χ3n) is 3.81. The van der Waals surface area contributed by atoms with Crippen molar-refractivity contribution in [2.45, 2.75) is 97.3 Å². The van der Waals surface area contributed by atoms with Gasteiger partial charge in [-0.25, -0.2) is 0 Å². The van der Waals surface area contributed by atoms with Crippen LogP contribution in [0.2, 0.25) is 0 Å². The van der Waals surface area contributed by atoms with Gasteiger partial charge in [-0.3, -0.25) is 9.59 Å². The molecule has 0 bridgehead atoms. The number of hydrogen-bond donors (Lipinski definition) is 0. The number of allylic oxidation sites excluding steroid dienone is 1. The molecule has 0 N–H and O–H groups in total. The van der Waals surface area contributed by atoms with Crippen LogP contribution in [0.3, 0.4) is 0 Å². The largest absolute Gasteiger partial charge is 0.466 e. The summed E-state index contributed by atoms with van der Waals surface area (Å²) in [6.45, 7) is 4.70. The Morgan fingerprint density at radius 2 is 1.33 bits per heavy atom. The van der Waals surface area contributed by atoms with E-state index in [1.165, 1.54) is 51.2 Å². The molecule has 140 valence electrons. The summed E-state index contributed by atoms with van der Waals surface area (Å²) in [5.41, 5.74) is 0. The monoisotopic (exact) mass is 340 g/mol. The fourth-order valence-electron chi connectivity index (χ4n) is 2.25. The van der Waals surface area contributed by atoms with Crippen LogP contribution in [0.4, 0.5) is 0 Å². The minimum atomic E-state index is -0.380. The summed E-state index contributed by atoms with van der Waals surface area (Å²) in [5.74, 6) is -0.710. The first kappa shape index (κ1) is 22.7. The zero-order valence-corrected chi connectivity index (χ0v) is 15.7. The number of rotatable bonds is 16. The van der Waals surface area contributed by atoms with Crippen molar-refractivity contribution in [3.63, 3.8) is 0 Å². The first-order valence-corrected chi connectivity index (χ1v) is 9.70. The van der Waals surface area contributed by atoms with Crippen molar-refractivity contribution in [2.75, 3.05) is 6.61 Å². The molecule has 0 unspecified atom stereocenters. The maximum Gasteiger partial charge on any atom is 0.311 e. The first-order chi connectivity index (χ1) is 11.7. The Morgan fingerprint density at radius 3 is 2.00 bits per heavy atom. The molecule has 0 aromatic carbocycles. The van der Waals surface area contributed by atoms with Gasteiger partial charge in [-0.1, -0.05) is 65.2 Å². The van der Waals surface area contributed by atoms with Crippen molar-refractivity contribution in [2.24, 2.45) is 0 Å². The number of carbonyl (C=O) groups excluding carboxylic acids is 2. The van der Waals surface area contributed by atoms with Gasteiger partial charge < -0.3 is 9.47 Å². The third kappa shape index (κ3) is 17.0. The molecule has 0 spiro atoms. The van der Waals surface area contributed by atoms with Crippen LogP contribution in [0, 0.1) is 0 Å². The summed E-state index contributed by atoms with van der Waals surface area (Å²) < 4.78 is 9.94. The van der Waals surface area contributed by atoms with Crippen LogP contribution in [0.5, 0.6) is 0 Å². The summed E-state index contributed by atoms with van der Waals surface area (Å²) in [4.78, 5) is 22.8. The van der Waals surface area contributed by atoms with Crippen LogP contribution in [0.15, 0.2) is 12.3 Å². The van der Waals surface area contributed by atoms with Crippen molar-refractivity contribution in [3.05, 3.63) is 12.3 Å². The van der Waals surface area contributed by atoms with Gasteiger partial charge in [-0.2, -0.15) is 0 Å². The molecule has 0 heterocycles. The minimum absolute atomic E-state index is 0.0764. The van der Waals surface area contributed by atoms with Crippen LogP contribution >= 0.6 is 0 Å². The quantitative estimate of drug-likeness (QED) is 0.205. The molecule has 0 aliphatic rings. The van der Waals surface area contributed by atoms with Crippen molar-refractivity contribution < 1.29 is 19.1 Å². The average molecular weight is 341 g/mol. The molecule has 0 aliphatic carbocycles. The summed E-state index contributed by atoms with van der Waals surface area (Å²) in [5, 5.41) is 0. The van der Waals surface area contributed by atoms with E-state index in [0.29, 0.717) is 6.61 Å². The average Bonchev–Trinajstić information content (AvgIpc) is 2.58. The minimum Gasteiger partial charge on any atom is -0.466 e. The van der Waals surface area contributed by atoms with Gasteiger partial charge >= 0.3 is 11.9 Å². The van der Waals surface area contributed by atoms with Crippen LogP contribution in [-0.4, -0.2) is 18.5 Å². The Hall–Kier alpha value is -1.32. The Bertz CT molecular complexity index is 337. The Labute approximate surface area is 148 Å². The van der Waals surface area contributed by atoms with E-state index in [-0.39, 0.29) is 24.8 Å². The number of hydrogen-bond acceptors (Lipinski definition) is 4. The fourth-order valence-corrected chi connectivity index (χ4v) is 2.25.